The van der Waals surface area contributed by atoms with Crippen LogP contribution in [-0.2, 0) is 0 Å². The number of nitrogens with zero attached hydrogens (tertiary/aromatic N) is 1. The first-order valence-electron chi connectivity index (χ1n) is 6.32. The van der Waals surface area contributed by atoms with E-state index in [0.717, 1.165) is 10.8 Å². The average molecular weight is 253 g/mol. The summed E-state index contributed by atoms with van der Waals surface area (Å²) in [5.74, 6) is -0.413. The number of hydrogen-bond donors (Lipinski definition) is 0. The molecule has 0 fully saturated rings. The summed E-state index contributed by atoms with van der Waals surface area (Å²) in [6.45, 7) is 5.62. The zero-order valence-electron chi connectivity index (χ0n) is 11.2. The van der Waals surface area contributed by atoms with Gasteiger partial charge in [-0.3, -0.25) is 14.5 Å². The van der Waals surface area contributed by atoms with E-state index in [1.165, 1.54) is 4.90 Å². The van der Waals surface area contributed by atoms with Crippen LogP contribution in [0.15, 0.2) is 36.4 Å². The normalized spacial score (nSPS) is 15.2. The van der Waals surface area contributed by atoms with Gasteiger partial charge in [-0.15, -0.1) is 0 Å². The van der Waals surface area contributed by atoms with E-state index >= 15 is 0 Å². The zero-order valence-corrected chi connectivity index (χ0v) is 11.2. The smallest absolute Gasteiger partial charge is 0.261 e. The van der Waals surface area contributed by atoms with Crippen LogP contribution in [0.2, 0.25) is 0 Å². The highest BCUT2D eigenvalue weighted by Crippen LogP contribution is 2.33. The highest BCUT2D eigenvalue weighted by molar-refractivity contribution is 6.25. The Bertz CT molecular complexity index is 660. The SMILES string of the molecule is CC(C)(C)N1C(=O)c2cccc3cccc(c23)C1=O. The molecule has 2 amide bonds. The molecule has 3 nitrogen and oxygen atoms in total. The topological polar surface area (TPSA) is 37.4 Å². The molecule has 19 heavy (non-hydrogen) atoms. The van der Waals surface area contributed by atoms with E-state index < -0.39 is 5.54 Å². The van der Waals surface area contributed by atoms with Crippen LogP contribution < -0.4 is 0 Å². The molecule has 1 aliphatic heterocycles. The Morgan fingerprint density at radius 2 is 1.32 bits per heavy atom. The zero-order chi connectivity index (χ0) is 13.8. The van der Waals surface area contributed by atoms with Gasteiger partial charge < -0.3 is 0 Å². The van der Waals surface area contributed by atoms with Gasteiger partial charge in [-0.1, -0.05) is 24.3 Å². The molecule has 0 radical (unpaired) electrons. The second-order valence-electron chi connectivity index (χ2n) is 5.83. The lowest BCUT2D eigenvalue weighted by molar-refractivity contribution is 0.0460. The Labute approximate surface area is 111 Å². The van der Waals surface area contributed by atoms with E-state index in [4.69, 9.17) is 0 Å². The van der Waals surface area contributed by atoms with Gasteiger partial charge in [0.25, 0.3) is 11.8 Å². The van der Waals surface area contributed by atoms with Gasteiger partial charge in [0.15, 0.2) is 0 Å². The molecule has 96 valence electrons. The Kier molecular flexibility index (Phi) is 2.30. The lowest BCUT2D eigenvalue weighted by Crippen LogP contribution is -2.51. The Morgan fingerprint density at radius 3 is 1.74 bits per heavy atom. The molecule has 0 bridgehead atoms. The molecule has 0 spiro atoms. The van der Waals surface area contributed by atoms with Gasteiger partial charge >= 0.3 is 0 Å². The van der Waals surface area contributed by atoms with Crippen molar-refractivity contribution in [3.63, 3.8) is 0 Å². The first-order chi connectivity index (χ1) is 8.91. The maximum absolute atomic E-state index is 12.6. The van der Waals surface area contributed by atoms with Gasteiger partial charge in [0.1, 0.15) is 0 Å². The van der Waals surface area contributed by atoms with Crippen molar-refractivity contribution in [3.05, 3.63) is 47.5 Å². The third-order valence-electron chi connectivity index (χ3n) is 3.44. The second-order valence-corrected chi connectivity index (χ2v) is 5.83. The van der Waals surface area contributed by atoms with Crippen LogP contribution in [0.1, 0.15) is 41.5 Å². The van der Waals surface area contributed by atoms with Crippen LogP contribution in [-0.4, -0.2) is 22.3 Å². The molecular weight excluding hydrogens is 238 g/mol. The molecule has 0 saturated heterocycles. The molecule has 2 aromatic rings. The minimum Gasteiger partial charge on any atom is -0.269 e. The Hall–Kier alpha value is -2.16. The molecule has 1 aliphatic rings. The molecule has 3 rings (SSSR count). The summed E-state index contributed by atoms with van der Waals surface area (Å²) in [7, 11) is 0. The molecule has 0 aromatic heterocycles. The van der Waals surface area contributed by atoms with Crippen molar-refractivity contribution in [3.8, 4) is 0 Å². The number of amides is 2. The minimum atomic E-state index is -0.524. The standard InChI is InChI=1S/C16H15NO2/c1-16(2,3)17-14(18)11-8-4-6-10-7-5-9-12(13(10)11)15(17)19/h4-9H,1-3H3. The molecule has 0 saturated carbocycles. The Morgan fingerprint density at radius 1 is 0.842 bits per heavy atom. The fraction of sp³-hybridized carbons (Fsp3) is 0.250. The third-order valence-corrected chi connectivity index (χ3v) is 3.44. The van der Waals surface area contributed by atoms with E-state index in [-0.39, 0.29) is 11.8 Å². The van der Waals surface area contributed by atoms with Crippen LogP contribution in [0.5, 0.6) is 0 Å². The first-order valence-corrected chi connectivity index (χ1v) is 6.32. The van der Waals surface area contributed by atoms with E-state index in [1.54, 1.807) is 12.1 Å². The van der Waals surface area contributed by atoms with E-state index in [1.807, 2.05) is 45.0 Å². The van der Waals surface area contributed by atoms with E-state index in [2.05, 4.69) is 0 Å². The average Bonchev–Trinajstić information content (AvgIpc) is 2.34. The predicted molar refractivity (Wildman–Crippen MR) is 74.2 cm³/mol. The van der Waals surface area contributed by atoms with Crippen LogP contribution in [0, 0.1) is 0 Å². The van der Waals surface area contributed by atoms with Crippen LogP contribution in [0.4, 0.5) is 0 Å². The number of hydrogen-bond acceptors (Lipinski definition) is 2. The predicted octanol–water partition coefficient (Wildman–Crippen LogP) is 3.23. The first kappa shape index (κ1) is 11.9. The highest BCUT2D eigenvalue weighted by atomic mass is 16.2. The molecule has 2 aromatic carbocycles. The van der Waals surface area contributed by atoms with Crippen molar-refractivity contribution >= 4 is 22.6 Å². The van der Waals surface area contributed by atoms with Crippen molar-refractivity contribution in [2.75, 3.05) is 0 Å². The third kappa shape index (κ3) is 1.58. The van der Waals surface area contributed by atoms with Crippen molar-refractivity contribution in [1.29, 1.82) is 0 Å². The largest absolute Gasteiger partial charge is 0.269 e. The maximum Gasteiger partial charge on any atom is 0.261 e. The fourth-order valence-electron chi connectivity index (χ4n) is 2.64. The fourth-order valence-corrected chi connectivity index (χ4v) is 2.64. The van der Waals surface area contributed by atoms with Crippen molar-refractivity contribution in [1.82, 2.24) is 4.90 Å². The molecule has 0 atom stereocenters. The molecule has 3 heteroatoms. The van der Waals surface area contributed by atoms with Crippen LogP contribution >= 0.6 is 0 Å². The van der Waals surface area contributed by atoms with Gasteiger partial charge in [-0.05, 0) is 38.3 Å². The van der Waals surface area contributed by atoms with Gasteiger partial charge in [0, 0.05) is 22.1 Å². The molecule has 0 aliphatic carbocycles. The number of rotatable bonds is 0. The van der Waals surface area contributed by atoms with Crippen molar-refractivity contribution in [2.24, 2.45) is 0 Å². The lowest BCUT2D eigenvalue weighted by Gasteiger charge is -2.37. The monoisotopic (exact) mass is 253 g/mol. The molecule has 0 N–H and O–H groups in total. The van der Waals surface area contributed by atoms with Crippen molar-refractivity contribution in [2.45, 2.75) is 26.3 Å². The quantitative estimate of drug-likeness (QED) is 0.676. The summed E-state index contributed by atoms with van der Waals surface area (Å²) in [6, 6.07) is 11.1. The van der Waals surface area contributed by atoms with Crippen molar-refractivity contribution < 1.29 is 9.59 Å². The molecular formula is C16H15NO2. The van der Waals surface area contributed by atoms with Gasteiger partial charge in [-0.2, -0.15) is 0 Å². The van der Waals surface area contributed by atoms with Gasteiger partial charge in [0.05, 0.1) is 0 Å². The summed E-state index contributed by atoms with van der Waals surface area (Å²) < 4.78 is 0. The van der Waals surface area contributed by atoms with E-state index in [0.29, 0.717) is 11.1 Å². The second kappa shape index (κ2) is 3.67. The van der Waals surface area contributed by atoms with Gasteiger partial charge in [-0.25, -0.2) is 0 Å². The Balaban J connectivity index is 2.38. The summed E-state index contributed by atoms with van der Waals surface area (Å²) >= 11 is 0. The summed E-state index contributed by atoms with van der Waals surface area (Å²) in [5.41, 5.74) is 0.703. The summed E-state index contributed by atoms with van der Waals surface area (Å²) in [6.07, 6.45) is 0. The minimum absolute atomic E-state index is 0.207. The van der Waals surface area contributed by atoms with Gasteiger partial charge in [0.2, 0.25) is 0 Å². The summed E-state index contributed by atoms with van der Waals surface area (Å²) in [5, 5.41) is 1.71. The van der Waals surface area contributed by atoms with Crippen LogP contribution in [0.3, 0.4) is 0 Å². The number of imide groups is 1. The molecule has 1 heterocycles. The summed E-state index contributed by atoms with van der Waals surface area (Å²) in [4.78, 5) is 26.5. The molecule has 0 unspecified atom stereocenters. The number of carbonyl (C=O) groups excluding carboxylic acids is 2. The lowest BCUT2D eigenvalue weighted by atomic mass is 9.91. The van der Waals surface area contributed by atoms with E-state index in [9.17, 15) is 9.59 Å². The highest BCUT2D eigenvalue weighted by Gasteiger charge is 2.38. The number of carbonyl (C=O) groups is 2. The van der Waals surface area contributed by atoms with Crippen LogP contribution in [0.25, 0.3) is 10.8 Å². The maximum atomic E-state index is 12.6. The number of benzene rings is 2.